The van der Waals surface area contributed by atoms with Crippen molar-refractivity contribution in [2.45, 2.75) is 196 Å². The molecule has 0 aliphatic carbocycles. The fraction of sp³-hybridized carbons (Fsp3) is 0.970. The van der Waals surface area contributed by atoms with Gasteiger partial charge in [-0.05, 0) is 17.8 Å². The van der Waals surface area contributed by atoms with E-state index in [0.717, 1.165) is 17.8 Å². The molecule has 0 unspecified atom stereocenters. The van der Waals surface area contributed by atoms with Crippen molar-refractivity contribution in [3.8, 4) is 0 Å². The molecule has 0 bridgehead atoms. The minimum atomic E-state index is 0. The van der Waals surface area contributed by atoms with Crippen LogP contribution in [0.15, 0.2) is 0 Å². The van der Waals surface area contributed by atoms with Crippen LogP contribution in [0.1, 0.15) is 196 Å². The highest BCUT2D eigenvalue weighted by Crippen LogP contribution is 1.95. The van der Waals surface area contributed by atoms with E-state index in [0.29, 0.717) is 12.2 Å². The van der Waals surface area contributed by atoms with Gasteiger partial charge in [-0.25, -0.2) is 0 Å². The predicted molar refractivity (Wildman–Crippen MR) is 182 cm³/mol. The second kappa shape index (κ2) is 94.0. The number of hydrogen-bond acceptors (Lipinski definition) is 1. The van der Waals surface area contributed by atoms with Crippen molar-refractivity contribution in [3.63, 3.8) is 0 Å². The number of carbonyl (C=O) groups excluding carboxylic acids is 1. The third-order valence-electron chi connectivity index (χ3n) is 1.81. The summed E-state index contributed by atoms with van der Waals surface area (Å²) in [6.45, 7) is 33.9. The molecule has 1 nitrogen and oxygen atoms in total. The van der Waals surface area contributed by atoms with Gasteiger partial charge in [0.05, 0.1) is 0 Å². The summed E-state index contributed by atoms with van der Waals surface area (Å²) in [6, 6.07) is 0. The fourth-order valence-electron chi connectivity index (χ4n) is 0.408. The van der Waals surface area contributed by atoms with Gasteiger partial charge in [-0.2, -0.15) is 0 Å². The van der Waals surface area contributed by atoms with Crippen LogP contribution in [0.4, 0.5) is 0 Å². The second-order valence-electron chi connectivity index (χ2n) is 8.65. The van der Waals surface area contributed by atoms with Crippen LogP contribution >= 0.6 is 0 Å². The maximum absolute atomic E-state index is 10.5. The molecule has 0 N–H and O–H groups in total. The van der Waals surface area contributed by atoms with Crippen molar-refractivity contribution in [2.75, 3.05) is 0 Å². The molecule has 0 atom stereocenters. The van der Waals surface area contributed by atoms with Gasteiger partial charge >= 0.3 is 0 Å². The van der Waals surface area contributed by atoms with E-state index in [1.807, 2.05) is 20.8 Å². The van der Waals surface area contributed by atoms with E-state index < -0.39 is 0 Å². The zero-order valence-corrected chi connectivity index (χ0v) is 22.0. The molecule has 34 heavy (non-hydrogen) atoms. The smallest absolute Gasteiger partial charge is 0.135 e. The van der Waals surface area contributed by atoms with Crippen molar-refractivity contribution >= 4 is 5.78 Å². The van der Waals surface area contributed by atoms with E-state index in [1.165, 1.54) is 19.3 Å². The number of ketones is 1. The molecule has 0 rings (SSSR count). The number of carbonyl (C=O) groups is 1. The van der Waals surface area contributed by atoms with Gasteiger partial charge in [0.15, 0.2) is 0 Å². The number of Topliss-reactive ketones (excluding diaryl/α,β-unsaturated/α-hetero) is 1. The quantitative estimate of drug-likeness (QED) is 0.373. The van der Waals surface area contributed by atoms with E-state index in [2.05, 4.69) is 90.0 Å². The van der Waals surface area contributed by atoms with E-state index in [1.54, 1.807) is 0 Å². The van der Waals surface area contributed by atoms with Crippen LogP contribution in [0.3, 0.4) is 0 Å². The summed E-state index contributed by atoms with van der Waals surface area (Å²) in [6.07, 6.45) is 4.48. The van der Waals surface area contributed by atoms with Crippen LogP contribution in [-0.4, -0.2) is 5.78 Å². The van der Waals surface area contributed by atoms with Crippen molar-refractivity contribution in [3.05, 3.63) is 0 Å². The average molecular weight is 505 g/mol. The first-order valence-electron chi connectivity index (χ1n) is 11.3. The van der Waals surface area contributed by atoms with Gasteiger partial charge in [0.1, 0.15) is 5.78 Å². The fourth-order valence-corrected chi connectivity index (χ4v) is 0.408. The van der Waals surface area contributed by atoms with E-state index in [9.17, 15) is 4.79 Å². The maximum atomic E-state index is 10.5. The lowest BCUT2D eigenvalue weighted by molar-refractivity contribution is -0.121. The van der Waals surface area contributed by atoms with Crippen LogP contribution in [0.2, 0.25) is 0 Å². The Morgan fingerprint density at radius 2 is 0.588 bits per heavy atom. The summed E-state index contributed by atoms with van der Waals surface area (Å²) >= 11 is 0. The highest BCUT2D eigenvalue weighted by Gasteiger charge is 2.00. The van der Waals surface area contributed by atoms with E-state index >= 15 is 0 Å². The molecule has 0 aromatic carbocycles. The Labute approximate surface area is 230 Å². The molecule has 0 aliphatic heterocycles. The Kier molecular flexibility index (Phi) is 257. The number of hydrogen-bond donors (Lipinski definition) is 0. The zero-order chi connectivity index (χ0) is 22.7. The Morgan fingerprint density at radius 1 is 0.471 bits per heavy atom. The molecule has 0 aliphatic rings. The largest absolute Gasteiger partial charge is 0.299 e. The maximum Gasteiger partial charge on any atom is 0.135 e. The molecule has 0 saturated heterocycles. The SMILES string of the molecule is C.C.C.C.C.C.C.C.CC(C)C.CC(C)C.CCC.CCC.CCC(=O)C(C)C.CCC(C)C. The van der Waals surface area contributed by atoms with Gasteiger partial charge in [-0.1, -0.05) is 189 Å². The number of rotatable bonds is 3. The van der Waals surface area contributed by atoms with Crippen molar-refractivity contribution in [1.82, 2.24) is 0 Å². The highest BCUT2D eigenvalue weighted by atomic mass is 16.1. The molecule has 0 radical (unpaired) electrons. The molecular weight excluding hydrogens is 412 g/mol. The summed E-state index contributed by atoms with van der Waals surface area (Å²) in [4.78, 5) is 10.5. The molecule has 0 aromatic heterocycles. The topological polar surface area (TPSA) is 17.1 Å². The van der Waals surface area contributed by atoms with E-state index in [4.69, 9.17) is 0 Å². The monoisotopic (exact) mass is 505 g/mol. The third kappa shape index (κ3) is 506. The van der Waals surface area contributed by atoms with Crippen LogP contribution < -0.4 is 0 Å². The first-order valence-corrected chi connectivity index (χ1v) is 11.3. The van der Waals surface area contributed by atoms with Crippen molar-refractivity contribution < 1.29 is 4.79 Å². The molecule has 0 saturated carbocycles. The molecule has 230 valence electrons. The Hall–Kier alpha value is -0.330. The second-order valence-corrected chi connectivity index (χ2v) is 8.65. The minimum Gasteiger partial charge on any atom is -0.299 e. The van der Waals surface area contributed by atoms with Crippen LogP contribution in [0.25, 0.3) is 0 Å². The Bertz CT molecular complexity index is 177. The lowest BCUT2D eigenvalue weighted by Crippen LogP contribution is -2.03. The molecule has 0 fully saturated rings. The normalized spacial score (nSPS) is 6.59. The molecule has 0 aromatic rings. The van der Waals surface area contributed by atoms with Gasteiger partial charge in [0.25, 0.3) is 0 Å². The highest BCUT2D eigenvalue weighted by molar-refractivity contribution is 5.79. The summed E-state index contributed by atoms with van der Waals surface area (Å²) < 4.78 is 0. The van der Waals surface area contributed by atoms with Gasteiger partial charge in [-0.3, -0.25) is 4.79 Å². The molecular formula is C33H92O. The Morgan fingerprint density at radius 3 is 0.588 bits per heavy atom. The summed E-state index contributed by atoms with van der Waals surface area (Å²) in [7, 11) is 0. The third-order valence-corrected chi connectivity index (χ3v) is 1.81. The zero-order valence-electron chi connectivity index (χ0n) is 22.0. The standard InChI is InChI=1S/C6H12O.C5H12.2C4H10.2C3H8.8CH4/c1-4-6(7)5(2)3;1-4-5(2)3;2*1-4(2)3;2*1-3-2;;;;;;;;/h5H,4H2,1-3H3;5H,4H2,1-3H3;2*4H,1-3H3;2*3H2,1-2H3;8*1H4. The molecule has 0 heterocycles. The minimum absolute atomic E-state index is 0. The van der Waals surface area contributed by atoms with Gasteiger partial charge in [0, 0.05) is 12.3 Å². The Balaban J connectivity index is -0.0000000115. The molecule has 0 spiro atoms. The average Bonchev–Trinajstić information content (AvgIpc) is 2.47. The van der Waals surface area contributed by atoms with Crippen molar-refractivity contribution in [2.24, 2.45) is 23.7 Å². The van der Waals surface area contributed by atoms with Gasteiger partial charge in [-0.15, -0.1) is 0 Å². The van der Waals surface area contributed by atoms with Crippen LogP contribution in [-0.2, 0) is 4.79 Å². The predicted octanol–water partition coefficient (Wildman–Crippen LogP) is 14.9. The van der Waals surface area contributed by atoms with Crippen molar-refractivity contribution in [1.29, 1.82) is 0 Å². The first kappa shape index (κ1) is 92.9. The van der Waals surface area contributed by atoms with Crippen LogP contribution in [0.5, 0.6) is 0 Å². The van der Waals surface area contributed by atoms with Gasteiger partial charge in [0.2, 0.25) is 0 Å². The first-order chi connectivity index (χ1) is 11.7. The van der Waals surface area contributed by atoms with Gasteiger partial charge < -0.3 is 0 Å². The molecule has 0 amide bonds. The lowest BCUT2D eigenvalue weighted by Gasteiger charge is -1.96. The summed E-state index contributed by atoms with van der Waals surface area (Å²) in [5, 5.41) is 0. The van der Waals surface area contributed by atoms with E-state index in [-0.39, 0.29) is 65.3 Å². The lowest BCUT2D eigenvalue weighted by atomic mass is 10.1. The van der Waals surface area contributed by atoms with Crippen LogP contribution in [0, 0.1) is 23.7 Å². The summed E-state index contributed by atoms with van der Waals surface area (Å²) in [5.74, 6) is 3.12. The summed E-state index contributed by atoms with van der Waals surface area (Å²) in [5.41, 5.74) is 0. The molecule has 1 heteroatoms.